The Morgan fingerprint density at radius 3 is 2.42 bits per heavy atom. The van der Waals surface area contributed by atoms with Gasteiger partial charge in [-0.05, 0) is 23.7 Å². The monoisotopic (exact) mass is 290 g/mol. The summed E-state index contributed by atoms with van der Waals surface area (Å²) in [5.41, 5.74) is 4.33. The number of para-hydroxylation sites is 1. The van der Waals surface area contributed by atoms with Crippen LogP contribution in [-0.2, 0) is 6.18 Å². The maximum atomic E-state index is 12.7. The van der Waals surface area contributed by atoms with E-state index in [9.17, 15) is 13.2 Å². The highest BCUT2D eigenvalue weighted by atomic mass is 35.5. The van der Waals surface area contributed by atoms with Gasteiger partial charge in [0.15, 0.2) is 0 Å². The summed E-state index contributed by atoms with van der Waals surface area (Å²) < 4.78 is 43.1. The number of hydrogen-bond acceptors (Lipinski definition) is 5. The molecule has 0 spiro atoms. The summed E-state index contributed by atoms with van der Waals surface area (Å²) in [7, 11) is 0. The fourth-order valence-electron chi connectivity index (χ4n) is 1.28. The molecule has 5 nitrogen and oxygen atoms in total. The molecule has 1 heterocycles. The minimum Gasteiger partial charge on any atom is -0.424 e. The number of anilines is 1. The predicted molar refractivity (Wildman–Crippen MR) is 60.8 cm³/mol. The Labute approximate surface area is 110 Å². The van der Waals surface area contributed by atoms with Crippen LogP contribution in [0.4, 0.5) is 19.1 Å². The third-order valence-corrected chi connectivity index (χ3v) is 2.17. The molecular weight excluding hydrogens is 285 g/mol. The minimum atomic E-state index is -4.56. The number of rotatable bonds is 2. The van der Waals surface area contributed by atoms with E-state index in [0.717, 1.165) is 12.1 Å². The number of nitrogens with zero attached hydrogens (tertiary/aromatic N) is 3. The van der Waals surface area contributed by atoms with Gasteiger partial charge in [0.25, 0.3) is 0 Å². The van der Waals surface area contributed by atoms with Gasteiger partial charge in [-0.2, -0.15) is 28.1 Å². The maximum Gasteiger partial charge on any atom is 0.419 e. The average molecular weight is 291 g/mol. The van der Waals surface area contributed by atoms with Crippen LogP contribution >= 0.6 is 11.6 Å². The van der Waals surface area contributed by atoms with Gasteiger partial charge in [0.1, 0.15) is 5.75 Å². The van der Waals surface area contributed by atoms with E-state index in [1.807, 2.05) is 0 Å². The summed E-state index contributed by atoms with van der Waals surface area (Å²) in [4.78, 5) is 10.5. The molecule has 19 heavy (non-hydrogen) atoms. The molecule has 0 aliphatic heterocycles. The van der Waals surface area contributed by atoms with Crippen molar-refractivity contribution in [1.82, 2.24) is 15.0 Å². The van der Waals surface area contributed by atoms with Gasteiger partial charge < -0.3 is 10.5 Å². The van der Waals surface area contributed by atoms with Gasteiger partial charge in [-0.3, -0.25) is 0 Å². The second kappa shape index (κ2) is 4.88. The molecule has 1 aromatic heterocycles. The molecule has 9 heteroatoms. The lowest BCUT2D eigenvalue weighted by molar-refractivity contribution is -0.138. The van der Waals surface area contributed by atoms with Crippen LogP contribution < -0.4 is 10.5 Å². The summed E-state index contributed by atoms with van der Waals surface area (Å²) in [6, 6.07) is 4.23. The normalized spacial score (nSPS) is 11.4. The van der Waals surface area contributed by atoms with Crippen molar-refractivity contribution < 1.29 is 17.9 Å². The second-order valence-electron chi connectivity index (χ2n) is 3.34. The van der Waals surface area contributed by atoms with E-state index in [4.69, 9.17) is 22.1 Å². The summed E-state index contributed by atoms with van der Waals surface area (Å²) in [5.74, 6) is -0.698. The number of ether oxygens (including phenoxy) is 1. The summed E-state index contributed by atoms with van der Waals surface area (Å²) >= 11 is 5.50. The Morgan fingerprint density at radius 2 is 1.79 bits per heavy atom. The lowest BCUT2D eigenvalue weighted by Crippen LogP contribution is -2.08. The highest BCUT2D eigenvalue weighted by Gasteiger charge is 2.34. The Hall–Kier alpha value is -2.09. The van der Waals surface area contributed by atoms with Gasteiger partial charge in [0.2, 0.25) is 11.2 Å². The van der Waals surface area contributed by atoms with Crippen molar-refractivity contribution in [3.05, 3.63) is 35.1 Å². The molecule has 100 valence electrons. The molecule has 0 bridgehead atoms. The van der Waals surface area contributed by atoms with Crippen molar-refractivity contribution >= 4 is 17.5 Å². The highest BCUT2D eigenvalue weighted by Crippen LogP contribution is 2.37. The molecular formula is C10H6ClF3N4O. The quantitative estimate of drug-likeness (QED) is 0.920. The van der Waals surface area contributed by atoms with E-state index in [2.05, 4.69) is 15.0 Å². The zero-order valence-corrected chi connectivity index (χ0v) is 9.90. The molecule has 0 radical (unpaired) electrons. The molecule has 0 saturated carbocycles. The largest absolute Gasteiger partial charge is 0.424 e. The summed E-state index contributed by atoms with van der Waals surface area (Å²) in [6.45, 7) is 0. The third kappa shape index (κ3) is 3.22. The molecule has 0 atom stereocenters. The molecule has 0 saturated heterocycles. The SMILES string of the molecule is Nc1nc(Cl)nc(Oc2ccccc2C(F)(F)F)n1. The van der Waals surface area contributed by atoms with Crippen molar-refractivity contribution in [2.75, 3.05) is 5.73 Å². The molecule has 0 fully saturated rings. The van der Waals surface area contributed by atoms with Crippen LogP contribution in [0.2, 0.25) is 5.28 Å². The van der Waals surface area contributed by atoms with E-state index in [-0.39, 0.29) is 11.2 Å². The molecule has 0 amide bonds. The Bertz CT molecular complexity index is 585. The fraction of sp³-hybridized carbons (Fsp3) is 0.100. The van der Waals surface area contributed by atoms with Crippen LogP contribution in [-0.4, -0.2) is 15.0 Å². The van der Waals surface area contributed by atoms with Crippen LogP contribution in [0, 0.1) is 0 Å². The van der Waals surface area contributed by atoms with Gasteiger partial charge >= 0.3 is 12.2 Å². The number of alkyl halides is 3. The van der Waals surface area contributed by atoms with Gasteiger partial charge in [-0.25, -0.2) is 0 Å². The third-order valence-electron chi connectivity index (χ3n) is 2.00. The van der Waals surface area contributed by atoms with E-state index < -0.39 is 23.5 Å². The first-order valence-electron chi connectivity index (χ1n) is 4.87. The maximum absolute atomic E-state index is 12.7. The molecule has 2 aromatic rings. The summed E-state index contributed by atoms with van der Waals surface area (Å²) in [5, 5.41) is -0.271. The van der Waals surface area contributed by atoms with Gasteiger partial charge in [0, 0.05) is 0 Å². The second-order valence-corrected chi connectivity index (χ2v) is 3.68. The van der Waals surface area contributed by atoms with Crippen molar-refractivity contribution in [2.24, 2.45) is 0 Å². The smallest absolute Gasteiger partial charge is 0.419 e. The molecule has 1 aromatic carbocycles. The van der Waals surface area contributed by atoms with Gasteiger partial charge in [0.05, 0.1) is 5.56 Å². The van der Waals surface area contributed by atoms with Crippen LogP contribution in [0.15, 0.2) is 24.3 Å². The first-order valence-corrected chi connectivity index (χ1v) is 5.25. The number of nitrogen functional groups attached to an aromatic ring is 1. The van der Waals surface area contributed by atoms with Crippen molar-refractivity contribution in [3.63, 3.8) is 0 Å². The number of aromatic nitrogens is 3. The number of benzene rings is 1. The summed E-state index contributed by atoms with van der Waals surface area (Å²) in [6.07, 6.45) is -4.56. The topological polar surface area (TPSA) is 73.9 Å². The average Bonchev–Trinajstić information content (AvgIpc) is 2.26. The Balaban J connectivity index is 2.38. The number of halogens is 4. The Kier molecular flexibility index (Phi) is 3.43. The van der Waals surface area contributed by atoms with E-state index in [1.165, 1.54) is 12.1 Å². The minimum absolute atomic E-state index is 0.250. The first kappa shape index (κ1) is 13.3. The molecule has 2 rings (SSSR count). The highest BCUT2D eigenvalue weighted by molar-refractivity contribution is 6.28. The fourth-order valence-corrected chi connectivity index (χ4v) is 1.44. The molecule has 0 aliphatic rings. The van der Waals surface area contributed by atoms with E-state index >= 15 is 0 Å². The zero-order chi connectivity index (χ0) is 14.0. The number of hydrogen-bond donors (Lipinski definition) is 1. The van der Waals surface area contributed by atoms with E-state index in [0.29, 0.717) is 0 Å². The standard InChI is InChI=1S/C10H6ClF3N4O/c11-7-16-8(15)18-9(17-7)19-6-4-2-1-3-5(6)10(12,13)14/h1-4H,(H2,15,16,17,18). The zero-order valence-electron chi connectivity index (χ0n) is 9.15. The molecule has 0 aliphatic carbocycles. The lowest BCUT2D eigenvalue weighted by Gasteiger charge is -2.12. The predicted octanol–water partition coefficient (Wildman–Crippen LogP) is 2.92. The van der Waals surface area contributed by atoms with Gasteiger partial charge in [-0.15, -0.1) is 0 Å². The Morgan fingerprint density at radius 1 is 1.11 bits per heavy atom. The molecule has 0 unspecified atom stereocenters. The van der Waals surface area contributed by atoms with E-state index in [1.54, 1.807) is 0 Å². The van der Waals surface area contributed by atoms with Crippen molar-refractivity contribution in [2.45, 2.75) is 6.18 Å². The van der Waals surface area contributed by atoms with Gasteiger partial charge in [-0.1, -0.05) is 12.1 Å². The van der Waals surface area contributed by atoms with Crippen LogP contribution in [0.1, 0.15) is 5.56 Å². The number of nitrogens with two attached hydrogens (primary N) is 1. The van der Waals surface area contributed by atoms with Crippen molar-refractivity contribution in [1.29, 1.82) is 0 Å². The van der Waals surface area contributed by atoms with Crippen molar-refractivity contribution in [3.8, 4) is 11.8 Å². The molecule has 2 N–H and O–H groups in total. The van der Waals surface area contributed by atoms with Crippen LogP contribution in [0.5, 0.6) is 11.8 Å². The van der Waals surface area contributed by atoms with Crippen LogP contribution in [0.3, 0.4) is 0 Å². The lowest BCUT2D eigenvalue weighted by atomic mass is 10.2. The van der Waals surface area contributed by atoms with Crippen LogP contribution in [0.25, 0.3) is 0 Å². The first-order chi connectivity index (χ1) is 8.86.